The molecule has 1 aliphatic heterocycles. The van der Waals surface area contributed by atoms with E-state index in [-0.39, 0.29) is 17.7 Å². The summed E-state index contributed by atoms with van der Waals surface area (Å²) in [5, 5.41) is 5.01. The van der Waals surface area contributed by atoms with Crippen LogP contribution in [-0.4, -0.2) is 41.7 Å². The highest BCUT2D eigenvalue weighted by atomic mass is 32.1. The molecule has 2 atom stereocenters. The van der Waals surface area contributed by atoms with E-state index in [1.54, 1.807) is 29.5 Å². The molecule has 3 aromatic rings. The third-order valence-electron chi connectivity index (χ3n) is 4.75. The number of nitrogens with one attached hydrogen (secondary N) is 4. The van der Waals surface area contributed by atoms with Crippen molar-refractivity contribution < 1.29 is 14.4 Å². The SMILES string of the molecule is O=C(C[NH+](Cc1cccs1)C[C@@H]1CCCO1)Nc1ccc2[nH]c(=O)[nH]c2c1. The summed E-state index contributed by atoms with van der Waals surface area (Å²) in [6.45, 7) is 2.84. The number of aromatic amines is 2. The van der Waals surface area contributed by atoms with E-state index in [0.29, 0.717) is 17.7 Å². The molecule has 0 spiro atoms. The summed E-state index contributed by atoms with van der Waals surface area (Å²) in [4.78, 5) is 31.9. The van der Waals surface area contributed by atoms with Gasteiger partial charge >= 0.3 is 5.69 Å². The summed E-state index contributed by atoms with van der Waals surface area (Å²) in [7, 11) is 0. The number of carbonyl (C=O) groups is 1. The predicted octanol–water partition coefficient (Wildman–Crippen LogP) is 1.12. The van der Waals surface area contributed by atoms with Gasteiger partial charge in [-0.05, 0) is 42.5 Å². The smallest absolute Gasteiger partial charge is 0.323 e. The molecule has 7 nitrogen and oxygen atoms in total. The van der Waals surface area contributed by atoms with Crippen LogP contribution in [-0.2, 0) is 16.1 Å². The number of hydrogen-bond acceptors (Lipinski definition) is 4. The van der Waals surface area contributed by atoms with Gasteiger partial charge in [-0.25, -0.2) is 4.79 Å². The molecular formula is C19H23N4O3S+. The maximum absolute atomic E-state index is 12.6. The first-order valence-corrected chi connectivity index (χ1v) is 10.0. The Morgan fingerprint density at radius 1 is 1.30 bits per heavy atom. The number of rotatable bonds is 7. The highest BCUT2D eigenvalue weighted by Gasteiger charge is 2.24. The number of aromatic nitrogens is 2. The molecule has 1 saturated heterocycles. The monoisotopic (exact) mass is 387 g/mol. The van der Waals surface area contributed by atoms with Gasteiger partial charge in [0.2, 0.25) is 0 Å². The third kappa shape index (κ3) is 4.65. The molecule has 0 saturated carbocycles. The average Bonchev–Trinajstić information content (AvgIpc) is 3.36. The minimum atomic E-state index is -0.253. The fourth-order valence-electron chi connectivity index (χ4n) is 3.54. The zero-order chi connectivity index (χ0) is 18.6. The van der Waals surface area contributed by atoms with Crippen molar-refractivity contribution in [3.05, 3.63) is 51.1 Å². The zero-order valence-corrected chi connectivity index (χ0v) is 15.7. The lowest BCUT2D eigenvalue weighted by Crippen LogP contribution is -3.12. The van der Waals surface area contributed by atoms with Crippen LogP contribution < -0.4 is 15.9 Å². The van der Waals surface area contributed by atoms with E-state index in [4.69, 9.17) is 4.74 Å². The first-order valence-electron chi connectivity index (χ1n) is 9.15. The Morgan fingerprint density at radius 2 is 2.19 bits per heavy atom. The van der Waals surface area contributed by atoms with Crippen molar-refractivity contribution in [2.75, 3.05) is 25.0 Å². The standard InChI is InChI=1S/C19H22N4O3S/c24-18(20-13-5-6-16-17(9-13)22-19(25)21-16)12-23(10-14-3-1-7-26-14)11-15-4-2-8-27-15/h2,4-6,8-9,14H,1,3,7,10-12H2,(H,20,24)(H2,21,22,25)/p+1/t14-/m0/s1. The Hall–Kier alpha value is -2.42. The molecule has 1 unspecified atom stereocenters. The molecule has 1 amide bonds. The van der Waals surface area contributed by atoms with Gasteiger partial charge in [0, 0.05) is 12.3 Å². The quantitative estimate of drug-likeness (QED) is 0.490. The second kappa shape index (κ2) is 8.08. The fraction of sp³-hybridized carbons (Fsp3) is 0.368. The molecule has 4 rings (SSSR count). The maximum atomic E-state index is 12.6. The number of hydrogen-bond donors (Lipinski definition) is 4. The fourth-order valence-corrected chi connectivity index (χ4v) is 4.31. The van der Waals surface area contributed by atoms with Crippen LogP contribution in [0.2, 0.25) is 0 Å². The molecule has 27 heavy (non-hydrogen) atoms. The predicted molar refractivity (Wildman–Crippen MR) is 105 cm³/mol. The van der Waals surface area contributed by atoms with Crippen molar-refractivity contribution in [2.45, 2.75) is 25.5 Å². The average molecular weight is 387 g/mol. The van der Waals surface area contributed by atoms with E-state index in [0.717, 1.165) is 38.1 Å². The van der Waals surface area contributed by atoms with E-state index in [9.17, 15) is 9.59 Å². The molecule has 1 aliphatic rings. The molecule has 0 radical (unpaired) electrons. The van der Waals surface area contributed by atoms with Crippen LogP contribution in [0.4, 0.5) is 5.69 Å². The van der Waals surface area contributed by atoms with Gasteiger partial charge in [0.1, 0.15) is 19.2 Å². The lowest BCUT2D eigenvalue weighted by atomic mass is 10.2. The Balaban J connectivity index is 1.41. The van der Waals surface area contributed by atoms with E-state index in [2.05, 4.69) is 26.7 Å². The number of quaternary nitrogens is 1. The van der Waals surface area contributed by atoms with Gasteiger partial charge < -0.3 is 24.9 Å². The molecule has 0 aliphatic carbocycles. The Bertz CT molecular complexity index is 957. The van der Waals surface area contributed by atoms with Gasteiger partial charge in [0.15, 0.2) is 6.54 Å². The number of carbonyl (C=O) groups excluding carboxylic acids is 1. The van der Waals surface area contributed by atoms with Crippen molar-refractivity contribution in [1.29, 1.82) is 0 Å². The van der Waals surface area contributed by atoms with Gasteiger partial charge in [-0.1, -0.05) is 6.07 Å². The summed E-state index contributed by atoms with van der Waals surface area (Å²) < 4.78 is 5.77. The summed E-state index contributed by atoms with van der Waals surface area (Å²) in [6, 6.07) is 9.49. The maximum Gasteiger partial charge on any atom is 0.323 e. The molecule has 0 bridgehead atoms. The lowest BCUT2D eigenvalue weighted by molar-refractivity contribution is -0.908. The summed E-state index contributed by atoms with van der Waals surface area (Å²) in [5.74, 6) is -0.0446. The highest BCUT2D eigenvalue weighted by Crippen LogP contribution is 2.14. The molecule has 1 fully saturated rings. The molecule has 142 valence electrons. The Morgan fingerprint density at radius 3 is 2.96 bits per heavy atom. The minimum absolute atomic E-state index is 0.0446. The van der Waals surface area contributed by atoms with Gasteiger partial charge in [-0.15, -0.1) is 11.3 Å². The van der Waals surface area contributed by atoms with E-state index < -0.39 is 0 Å². The number of imidazole rings is 1. The normalized spacial score (nSPS) is 18.0. The molecular weight excluding hydrogens is 364 g/mol. The second-order valence-electron chi connectivity index (χ2n) is 6.91. The van der Waals surface area contributed by atoms with Crippen LogP contribution in [0.1, 0.15) is 17.7 Å². The van der Waals surface area contributed by atoms with Crippen molar-refractivity contribution in [3.8, 4) is 0 Å². The summed E-state index contributed by atoms with van der Waals surface area (Å²) in [5.41, 5.74) is 1.83. The van der Waals surface area contributed by atoms with Gasteiger partial charge in [-0.3, -0.25) is 4.79 Å². The molecule has 2 aromatic heterocycles. The van der Waals surface area contributed by atoms with E-state index >= 15 is 0 Å². The topological polar surface area (TPSA) is 91.4 Å². The van der Waals surface area contributed by atoms with E-state index in [1.807, 2.05) is 6.07 Å². The first-order chi connectivity index (χ1) is 13.2. The van der Waals surface area contributed by atoms with Crippen LogP contribution in [0, 0.1) is 0 Å². The number of ether oxygens (including phenoxy) is 1. The number of benzene rings is 1. The Kier molecular flexibility index (Phi) is 5.38. The number of thiophene rings is 1. The van der Waals surface area contributed by atoms with Crippen LogP contribution in [0.5, 0.6) is 0 Å². The van der Waals surface area contributed by atoms with E-state index in [1.165, 1.54) is 9.78 Å². The number of anilines is 1. The van der Waals surface area contributed by atoms with Crippen LogP contribution in [0.3, 0.4) is 0 Å². The molecule has 1 aromatic carbocycles. The first kappa shape index (κ1) is 18.0. The zero-order valence-electron chi connectivity index (χ0n) is 14.9. The number of amides is 1. The minimum Gasteiger partial charge on any atom is -0.372 e. The lowest BCUT2D eigenvalue weighted by Gasteiger charge is -2.21. The largest absolute Gasteiger partial charge is 0.372 e. The van der Waals surface area contributed by atoms with Crippen LogP contribution >= 0.6 is 11.3 Å². The number of fused-ring (bicyclic) bond motifs is 1. The van der Waals surface area contributed by atoms with Crippen molar-refractivity contribution >= 4 is 34.0 Å². The second-order valence-corrected chi connectivity index (χ2v) is 7.94. The van der Waals surface area contributed by atoms with Crippen molar-refractivity contribution in [1.82, 2.24) is 9.97 Å². The van der Waals surface area contributed by atoms with Gasteiger partial charge in [0.05, 0.1) is 15.9 Å². The molecule has 8 heteroatoms. The molecule has 4 N–H and O–H groups in total. The Labute approximate surface area is 160 Å². The molecule has 3 heterocycles. The van der Waals surface area contributed by atoms with Crippen molar-refractivity contribution in [3.63, 3.8) is 0 Å². The highest BCUT2D eigenvalue weighted by molar-refractivity contribution is 7.09. The van der Waals surface area contributed by atoms with Crippen molar-refractivity contribution in [2.24, 2.45) is 0 Å². The number of H-pyrrole nitrogens is 2. The van der Waals surface area contributed by atoms with Gasteiger partial charge in [0.25, 0.3) is 5.91 Å². The van der Waals surface area contributed by atoms with Gasteiger partial charge in [-0.2, -0.15) is 0 Å². The summed E-state index contributed by atoms with van der Waals surface area (Å²) in [6.07, 6.45) is 2.39. The van der Waals surface area contributed by atoms with Crippen LogP contribution in [0.15, 0.2) is 40.5 Å². The van der Waals surface area contributed by atoms with Crippen LogP contribution in [0.25, 0.3) is 11.0 Å². The third-order valence-corrected chi connectivity index (χ3v) is 5.63. The summed E-state index contributed by atoms with van der Waals surface area (Å²) >= 11 is 1.71.